The SMILES string of the molecule is CCOCCNCCN(C)c1cccc(C)c1. The minimum Gasteiger partial charge on any atom is -0.380 e. The summed E-state index contributed by atoms with van der Waals surface area (Å²) in [5.74, 6) is 0. The first-order valence-electron chi connectivity index (χ1n) is 6.30. The summed E-state index contributed by atoms with van der Waals surface area (Å²) in [5, 5.41) is 3.37. The van der Waals surface area contributed by atoms with Gasteiger partial charge in [0, 0.05) is 39.0 Å². The molecule has 0 amide bonds. The van der Waals surface area contributed by atoms with Gasteiger partial charge in [-0.05, 0) is 31.5 Å². The number of benzene rings is 1. The fraction of sp³-hybridized carbons (Fsp3) is 0.571. The van der Waals surface area contributed by atoms with Crippen LogP contribution >= 0.6 is 0 Å². The molecule has 0 atom stereocenters. The average Bonchev–Trinajstić information content (AvgIpc) is 2.33. The largest absolute Gasteiger partial charge is 0.380 e. The van der Waals surface area contributed by atoms with Gasteiger partial charge in [0.05, 0.1) is 6.61 Å². The molecule has 0 heterocycles. The minimum absolute atomic E-state index is 0.796. The lowest BCUT2D eigenvalue weighted by molar-refractivity contribution is 0.149. The van der Waals surface area contributed by atoms with Crippen molar-refractivity contribution in [3.8, 4) is 0 Å². The van der Waals surface area contributed by atoms with Crippen LogP contribution in [0.25, 0.3) is 0 Å². The molecule has 0 aliphatic carbocycles. The van der Waals surface area contributed by atoms with Gasteiger partial charge < -0.3 is 15.0 Å². The maximum Gasteiger partial charge on any atom is 0.0590 e. The molecule has 0 radical (unpaired) electrons. The van der Waals surface area contributed by atoms with E-state index >= 15 is 0 Å². The van der Waals surface area contributed by atoms with Crippen LogP contribution in [0.2, 0.25) is 0 Å². The summed E-state index contributed by atoms with van der Waals surface area (Å²) in [4.78, 5) is 2.26. The van der Waals surface area contributed by atoms with Crippen molar-refractivity contribution in [3.63, 3.8) is 0 Å². The molecule has 0 aliphatic rings. The van der Waals surface area contributed by atoms with Crippen LogP contribution in [0.1, 0.15) is 12.5 Å². The monoisotopic (exact) mass is 236 g/mol. The Balaban J connectivity index is 2.19. The predicted octanol–water partition coefficient (Wildman–Crippen LogP) is 2.06. The second-order valence-electron chi connectivity index (χ2n) is 4.21. The molecule has 0 bridgehead atoms. The van der Waals surface area contributed by atoms with E-state index in [4.69, 9.17) is 4.74 Å². The third-order valence-corrected chi connectivity index (χ3v) is 2.69. The van der Waals surface area contributed by atoms with E-state index in [1.54, 1.807) is 0 Å². The molecule has 17 heavy (non-hydrogen) atoms. The van der Waals surface area contributed by atoms with Gasteiger partial charge in [0.15, 0.2) is 0 Å². The fourth-order valence-electron chi connectivity index (χ4n) is 1.65. The van der Waals surface area contributed by atoms with Crippen molar-refractivity contribution in [2.45, 2.75) is 13.8 Å². The lowest BCUT2D eigenvalue weighted by atomic mass is 10.2. The van der Waals surface area contributed by atoms with Crippen LogP contribution in [0.5, 0.6) is 0 Å². The van der Waals surface area contributed by atoms with Crippen LogP contribution in [-0.2, 0) is 4.74 Å². The van der Waals surface area contributed by atoms with Gasteiger partial charge in [-0.25, -0.2) is 0 Å². The van der Waals surface area contributed by atoms with Gasteiger partial charge in [-0.1, -0.05) is 12.1 Å². The molecule has 1 aromatic rings. The number of nitrogens with zero attached hydrogens (tertiary/aromatic N) is 1. The normalized spacial score (nSPS) is 10.5. The molecule has 0 saturated heterocycles. The predicted molar refractivity (Wildman–Crippen MR) is 73.8 cm³/mol. The number of ether oxygens (including phenoxy) is 1. The topological polar surface area (TPSA) is 24.5 Å². The van der Waals surface area contributed by atoms with Gasteiger partial charge in [0.25, 0.3) is 0 Å². The van der Waals surface area contributed by atoms with Crippen molar-refractivity contribution in [1.82, 2.24) is 5.32 Å². The number of hydrogen-bond donors (Lipinski definition) is 1. The summed E-state index contributed by atoms with van der Waals surface area (Å²) in [6.45, 7) is 8.65. The van der Waals surface area contributed by atoms with Crippen LogP contribution < -0.4 is 10.2 Å². The molecular weight excluding hydrogens is 212 g/mol. The van der Waals surface area contributed by atoms with Crippen molar-refractivity contribution >= 4 is 5.69 Å². The zero-order valence-electron chi connectivity index (χ0n) is 11.2. The van der Waals surface area contributed by atoms with Gasteiger partial charge >= 0.3 is 0 Å². The van der Waals surface area contributed by atoms with Crippen molar-refractivity contribution in [1.29, 1.82) is 0 Å². The highest BCUT2D eigenvalue weighted by atomic mass is 16.5. The van der Waals surface area contributed by atoms with Crippen LogP contribution in [0.3, 0.4) is 0 Å². The van der Waals surface area contributed by atoms with E-state index in [0.717, 1.165) is 32.8 Å². The van der Waals surface area contributed by atoms with Gasteiger partial charge in [-0.15, -0.1) is 0 Å². The van der Waals surface area contributed by atoms with Crippen LogP contribution in [0.15, 0.2) is 24.3 Å². The Bertz CT molecular complexity index is 315. The first-order valence-corrected chi connectivity index (χ1v) is 6.30. The molecule has 1 N–H and O–H groups in total. The molecular formula is C14H24N2O. The Morgan fingerprint density at radius 1 is 1.29 bits per heavy atom. The third-order valence-electron chi connectivity index (χ3n) is 2.69. The van der Waals surface area contributed by atoms with Gasteiger partial charge in [0.2, 0.25) is 0 Å². The number of anilines is 1. The van der Waals surface area contributed by atoms with Crippen LogP contribution in [0, 0.1) is 6.92 Å². The van der Waals surface area contributed by atoms with Crippen molar-refractivity contribution in [3.05, 3.63) is 29.8 Å². The zero-order valence-corrected chi connectivity index (χ0v) is 11.2. The van der Waals surface area contributed by atoms with E-state index in [-0.39, 0.29) is 0 Å². The second kappa shape index (κ2) is 8.09. The number of hydrogen-bond acceptors (Lipinski definition) is 3. The Morgan fingerprint density at radius 3 is 2.82 bits per heavy atom. The maximum absolute atomic E-state index is 5.26. The molecule has 0 unspecified atom stereocenters. The summed E-state index contributed by atoms with van der Waals surface area (Å²) in [6.07, 6.45) is 0. The lowest BCUT2D eigenvalue weighted by Gasteiger charge is -2.20. The van der Waals surface area contributed by atoms with E-state index < -0.39 is 0 Å². The first kappa shape index (κ1) is 14.0. The summed E-state index contributed by atoms with van der Waals surface area (Å²) >= 11 is 0. The average molecular weight is 236 g/mol. The molecule has 0 saturated carbocycles. The highest BCUT2D eigenvalue weighted by molar-refractivity contribution is 5.47. The molecule has 96 valence electrons. The Hall–Kier alpha value is -1.06. The Morgan fingerprint density at radius 2 is 2.12 bits per heavy atom. The molecule has 3 nitrogen and oxygen atoms in total. The highest BCUT2D eigenvalue weighted by Crippen LogP contribution is 2.13. The molecule has 1 aromatic carbocycles. The Labute approximate surface area is 105 Å². The zero-order chi connectivity index (χ0) is 12.5. The summed E-state index contributed by atoms with van der Waals surface area (Å²) < 4.78 is 5.26. The standard InChI is InChI=1S/C14H24N2O/c1-4-17-11-9-15-8-10-16(3)14-7-5-6-13(2)12-14/h5-7,12,15H,4,8-11H2,1-3H3. The molecule has 3 heteroatoms. The summed E-state index contributed by atoms with van der Waals surface area (Å²) in [6, 6.07) is 8.58. The van der Waals surface area contributed by atoms with E-state index in [0.29, 0.717) is 0 Å². The van der Waals surface area contributed by atoms with Crippen molar-refractivity contribution < 1.29 is 4.74 Å². The smallest absolute Gasteiger partial charge is 0.0590 e. The number of nitrogens with one attached hydrogen (secondary N) is 1. The lowest BCUT2D eigenvalue weighted by Crippen LogP contribution is -2.31. The molecule has 0 aliphatic heterocycles. The number of rotatable bonds is 8. The number of likely N-dealkylation sites (N-methyl/N-ethyl adjacent to an activating group) is 1. The van der Waals surface area contributed by atoms with Gasteiger partial charge in [-0.2, -0.15) is 0 Å². The van der Waals surface area contributed by atoms with E-state index in [1.807, 2.05) is 6.92 Å². The van der Waals surface area contributed by atoms with Crippen LogP contribution in [0.4, 0.5) is 5.69 Å². The van der Waals surface area contributed by atoms with Crippen molar-refractivity contribution in [2.75, 3.05) is 44.8 Å². The van der Waals surface area contributed by atoms with E-state index in [2.05, 4.69) is 48.5 Å². The quantitative estimate of drug-likeness (QED) is 0.699. The maximum atomic E-state index is 5.26. The Kier molecular flexibility index (Phi) is 6.67. The second-order valence-corrected chi connectivity index (χ2v) is 4.21. The molecule has 0 fully saturated rings. The minimum atomic E-state index is 0.796. The van der Waals surface area contributed by atoms with Gasteiger partial charge in [0.1, 0.15) is 0 Å². The fourth-order valence-corrected chi connectivity index (χ4v) is 1.65. The third kappa shape index (κ3) is 5.71. The van der Waals surface area contributed by atoms with Gasteiger partial charge in [-0.3, -0.25) is 0 Å². The van der Waals surface area contributed by atoms with E-state index in [1.165, 1.54) is 11.3 Å². The number of aryl methyl sites for hydroxylation is 1. The van der Waals surface area contributed by atoms with Crippen LogP contribution in [-0.4, -0.2) is 39.9 Å². The summed E-state index contributed by atoms with van der Waals surface area (Å²) in [5.41, 5.74) is 2.58. The molecule has 0 spiro atoms. The van der Waals surface area contributed by atoms with Crippen molar-refractivity contribution in [2.24, 2.45) is 0 Å². The first-order chi connectivity index (χ1) is 8.24. The molecule has 1 rings (SSSR count). The highest BCUT2D eigenvalue weighted by Gasteiger charge is 1.99. The van der Waals surface area contributed by atoms with E-state index in [9.17, 15) is 0 Å². The molecule has 0 aromatic heterocycles. The summed E-state index contributed by atoms with van der Waals surface area (Å²) in [7, 11) is 2.12.